The lowest BCUT2D eigenvalue weighted by atomic mass is 9.83. The van der Waals surface area contributed by atoms with Gasteiger partial charge in [0.25, 0.3) is 0 Å². The number of aliphatic hydroxyl groups is 1. The lowest BCUT2D eigenvalue weighted by molar-refractivity contribution is -0.148. The number of hydrogen-bond donors (Lipinski definition) is 2. The summed E-state index contributed by atoms with van der Waals surface area (Å²) in [5.74, 6) is -0.703. The zero-order valence-electron chi connectivity index (χ0n) is 11.4. The Labute approximate surface area is 109 Å². The van der Waals surface area contributed by atoms with Crippen molar-refractivity contribution in [1.82, 2.24) is 4.90 Å². The number of ether oxygens (including phenoxy) is 1. The third kappa shape index (κ3) is 3.93. The molecule has 0 bridgehead atoms. The summed E-state index contributed by atoms with van der Waals surface area (Å²) in [6.07, 6.45) is 1.73. The topological polar surface area (TPSA) is 70.0 Å². The van der Waals surface area contributed by atoms with Gasteiger partial charge in [0, 0.05) is 19.7 Å². The molecule has 106 valence electrons. The van der Waals surface area contributed by atoms with Crippen molar-refractivity contribution < 1.29 is 19.7 Å². The number of β-amino-alcohol motifs (C(OH)–C–C–N with tert-alkyl or cyclic N) is 1. The number of rotatable bonds is 8. The van der Waals surface area contributed by atoms with Crippen molar-refractivity contribution in [3.63, 3.8) is 0 Å². The quantitative estimate of drug-likeness (QED) is 0.679. The zero-order chi connectivity index (χ0) is 13.6. The monoisotopic (exact) mass is 259 g/mol. The maximum atomic E-state index is 11.4. The Balaban J connectivity index is 2.46. The third-order valence-corrected chi connectivity index (χ3v) is 3.60. The Morgan fingerprint density at radius 1 is 1.50 bits per heavy atom. The fraction of sp³-hybridized carbons (Fsp3) is 0.923. The Morgan fingerprint density at radius 2 is 2.22 bits per heavy atom. The Hall–Kier alpha value is -0.650. The van der Waals surface area contributed by atoms with Gasteiger partial charge in [-0.15, -0.1) is 0 Å². The second-order valence-corrected chi connectivity index (χ2v) is 5.13. The molecule has 0 amide bonds. The molecule has 1 heterocycles. The smallest absolute Gasteiger partial charge is 0.310 e. The first-order chi connectivity index (χ1) is 8.54. The maximum absolute atomic E-state index is 11.4. The molecule has 0 aromatic carbocycles. The summed E-state index contributed by atoms with van der Waals surface area (Å²) in [5, 5.41) is 19.1. The molecule has 0 saturated carbocycles. The van der Waals surface area contributed by atoms with Crippen LogP contribution < -0.4 is 0 Å². The maximum Gasteiger partial charge on any atom is 0.310 e. The number of aliphatic hydroxyl groups excluding tert-OH is 1. The first-order valence-corrected chi connectivity index (χ1v) is 6.75. The summed E-state index contributed by atoms with van der Waals surface area (Å²) in [5.41, 5.74) is -0.611. The molecule has 2 atom stereocenters. The third-order valence-electron chi connectivity index (χ3n) is 3.60. The van der Waals surface area contributed by atoms with Gasteiger partial charge in [-0.2, -0.15) is 0 Å². The van der Waals surface area contributed by atoms with Crippen LogP contribution in [0.25, 0.3) is 0 Å². The van der Waals surface area contributed by atoms with E-state index in [9.17, 15) is 15.0 Å². The van der Waals surface area contributed by atoms with Gasteiger partial charge < -0.3 is 14.9 Å². The van der Waals surface area contributed by atoms with Gasteiger partial charge in [0.2, 0.25) is 0 Å². The molecule has 1 saturated heterocycles. The molecule has 0 aromatic heterocycles. The first kappa shape index (κ1) is 15.4. The lowest BCUT2D eigenvalue weighted by Crippen LogP contribution is -2.38. The molecule has 0 spiro atoms. The van der Waals surface area contributed by atoms with Crippen molar-refractivity contribution in [2.75, 3.05) is 32.8 Å². The summed E-state index contributed by atoms with van der Waals surface area (Å²) in [6.45, 7) is 6.59. The SMILES string of the molecule is CCCC1(C(=O)O)CCN(CC(O)COCC)C1. The molecule has 1 rings (SSSR count). The van der Waals surface area contributed by atoms with Gasteiger partial charge in [0.05, 0.1) is 18.1 Å². The highest BCUT2D eigenvalue weighted by molar-refractivity contribution is 5.75. The summed E-state index contributed by atoms with van der Waals surface area (Å²) in [7, 11) is 0. The molecule has 2 unspecified atom stereocenters. The second-order valence-electron chi connectivity index (χ2n) is 5.13. The van der Waals surface area contributed by atoms with Crippen molar-refractivity contribution >= 4 is 5.97 Å². The van der Waals surface area contributed by atoms with Crippen LogP contribution in [-0.4, -0.2) is 60.0 Å². The Bertz CT molecular complexity index is 272. The fourth-order valence-corrected chi connectivity index (χ4v) is 2.68. The van der Waals surface area contributed by atoms with E-state index in [1.165, 1.54) is 0 Å². The number of aliphatic carboxylic acids is 1. The van der Waals surface area contributed by atoms with Gasteiger partial charge in [0.1, 0.15) is 0 Å². The van der Waals surface area contributed by atoms with Gasteiger partial charge in [-0.1, -0.05) is 13.3 Å². The molecule has 0 aliphatic carbocycles. The molecule has 1 aliphatic heterocycles. The van der Waals surface area contributed by atoms with E-state index >= 15 is 0 Å². The minimum Gasteiger partial charge on any atom is -0.481 e. The Kier molecular flexibility index (Phi) is 6.05. The zero-order valence-corrected chi connectivity index (χ0v) is 11.4. The van der Waals surface area contributed by atoms with Crippen molar-refractivity contribution in [3.05, 3.63) is 0 Å². The highest BCUT2D eigenvalue weighted by Crippen LogP contribution is 2.35. The second kappa shape index (κ2) is 7.07. The normalized spacial score (nSPS) is 26.4. The molecular weight excluding hydrogens is 234 g/mol. The average Bonchev–Trinajstić information content (AvgIpc) is 2.71. The predicted octanol–water partition coefficient (Wildman–Crippen LogP) is 0.961. The van der Waals surface area contributed by atoms with Crippen molar-refractivity contribution in [2.45, 2.75) is 39.2 Å². The van der Waals surface area contributed by atoms with Gasteiger partial charge >= 0.3 is 5.97 Å². The molecule has 5 heteroatoms. The summed E-state index contributed by atoms with van der Waals surface area (Å²) in [6, 6.07) is 0. The molecule has 5 nitrogen and oxygen atoms in total. The first-order valence-electron chi connectivity index (χ1n) is 6.75. The number of carboxylic acid groups (broad SMARTS) is 1. The van der Waals surface area contributed by atoms with E-state index in [2.05, 4.69) is 0 Å². The van der Waals surface area contributed by atoms with Crippen LogP contribution in [0.3, 0.4) is 0 Å². The van der Waals surface area contributed by atoms with Crippen LogP contribution in [0.15, 0.2) is 0 Å². The van der Waals surface area contributed by atoms with E-state index in [0.29, 0.717) is 39.1 Å². The molecule has 18 heavy (non-hydrogen) atoms. The van der Waals surface area contributed by atoms with E-state index in [4.69, 9.17) is 4.74 Å². The molecule has 2 N–H and O–H groups in total. The summed E-state index contributed by atoms with van der Waals surface area (Å²) < 4.78 is 5.16. The average molecular weight is 259 g/mol. The summed E-state index contributed by atoms with van der Waals surface area (Å²) in [4.78, 5) is 13.4. The van der Waals surface area contributed by atoms with Crippen LogP contribution >= 0.6 is 0 Å². The van der Waals surface area contributed by atoms with Crippen molar-refractivity contribution in [1.29, 1.82) is 0 Å². The predicted molar refractivity (Wildman–Crippen MR) is 68.5 cm³/mol. The molecular formula is C13H25NO4. The highest BCUT2D eigenvalue weighted by atomic mass is 16.5. The van der Waals surface area contributed by atoms with Crippen LogP contribution in [0.1, 0.15) is 33.1 Å². The van der Waals surface area contributed by atoms with Crippen molar-refractivity contribution in [3.8, 4) is 0 Å². The van der Waals surface area contributed by atoms with E-state index in [0.717, 1.165) is 13.0 Å². The standard InChI is InChI=1S/C13H25NO4/c1-3-5-13(12(16)17)6-7-14(10-13)8-11(15)9-18-4-2/h11,15H,3-10H2,1-2H3,(H,16,17). The van der Waals surface area contributed by atoms with Crippen LogP contribution in [-0.2, 0) is 9.53 Å². The number of carboxylic acids is 1. The number of nitrogens with zero attached hydrogens (tertiary/aromatic N) is 1. The van der Waals surface area contributed by atoms with Crippen LogP contribution in [0.4, 0.5) is 0 Å². The van der Waals surface area contributed by atoms with Crippen molar-refractivity contribution in [2.24, 2.45) is 5.41 Å². The fourth-order valence-electron chi connectivity index (χ4n) is 2.68. The van der Waals surface area contributed by atoms with E-state index in [1.807, 2.05) is 18.7 Å². The van der Waals surface area contributed by atoms with E-state index in [1.54, 1.807) is 0 Å². The summed E-state index contributed by atoms with van der Waals surface area (Å²) >= 11 is 0. The van der Waals surface area contributed by atoms with Gasteiger partial charge in [0.15, 0.2) is 0 Å². The molecule has 1 aliphatic rings. The van der Waals surface area contributed by atoms with E-state index in [-0.39, 0.29) is 0 Å². The molecule has 0 radical (unpaired) electrons. The number of carbonyl (C=O) groups is 1. The van der Waals surface area contributed by atoms with E-state index < -0.39 is 17.5 Å². The van der Waals surface area contributed by atoms with Crippen LogP contribution in [0, 0.1) is 5.41 Å². The number of likely N-dealkylation sites (tertiary alicyclic amines) is 1. The minimum atomic E-state index is -0.703. The van der Waals surface area contributed by atoms with Crippen LogP contribution in [0.5, 0.6) is 0 Å². The number of hydrogen-bond acceptors (Lipinski definition) is 4. The van der Waals surface area contributed by atoms with Crippen LogP contribution in [0.2, 0.25) is 0 Å². The Morgan fingerprint density at radius 3 is 2.78 bits per heavy atom. The van der Waals surface area contributed by atoms with Gasteiger partial charge in [-0.3, -0.25) is 9.69 Å². The minimum absolute atomic E-state index is 0.320. The lowest BCUT2D eigenvalue weighted by Gasteiger charge is -2.25. The molecule has 0 aromatic rings. The largest absolute Gasteiger partial charge is 0.481 e. The van der Waals surface area contributed by atoms with Gasteiger partial charge in [-0.25, -0.2) is 0 Å². The highest BCUT2D eigenvalue weighted by Gasteiger charge is 2.44. The molecule has 1 fully saturated rings. The van der Waals surface area contributed by atoms with Gasteiger partial charge in [-0.05, 0) is 26.3 Å².